The summed E-state index contributed by atoms with van der Waals surface area (Å²) in [5.41, 5.74) is 16.1. The van der Waals surface area contributed by atoms with Crippen LogP contribution < -0.4 is 0 Å². The fourth-order valence-electron chi connectivity index (χ4n) is 10.6. The Morgan fingerprint density at radius 2 is 1.07 bits per heavy atom. The van der Waals surface area contributed by atoms with Crippen LogP contribution in [0.5, 0.6) is 0 Å². The van der Waals surface area contributed by atoms with Crippen molar-refractivity contribution in [1.29, 1.82) is 0 Å². The molecule has 4 aromatic heterocycles. The Morgan fingerprint density at radius 1 is 0.407 bits per heavy atom. The van der Waals surface area contributed by atoms with E-state index in [0.717, 1.165) is 39.1 Å². The van der Waals surface area contributed by atoms with Crippen molar-refractivity contribution < 1.29 is 0 Å². The van der Waals surface area contributed by atoms with Crippen LogP contribution in [0.1, 0.15) is 22.6 Å². The van der Waals surface area contributed by atoms with Crippen molar-refractivity contribution in [2.75, 3.05) is 0 Å². The smallest absolute Gasteiger partial charge is 0.165 e. The van der Waals surface area contributed by atoms with Crippen LogP contribution in [0.3, 0.4) is 0 Å². The van der Waals surface area contributed by atoms with E-state index in [4.69, 9.17) is 9.97 Å². The van der Waals surface area contributed by atoms with Gasteiger partial charge in [0, 0.05) is 43.8 Å². The van der Waals surface area contributed by atoms with Gasteiger partial charge in [-0.05, 0) is 87.1 Å². The van der Waals surface area contributed by atoms with Crippen molar-refractivity contribution in [1.82, 2.24) is 18.9 Å². The number of benzene rings is 9. The minimum atomic E-state index is 0.174. The van der Waals surface area contributed by atoms with Crippen molar-refractivity contribution in [3.63, 3.8) is 0 Å². The second-order valence-corrected chi connectivity index (χ2v) is 16.1. The number of fused-ring (bicyclic) bond motifs is 15. The van der Waals surface area contributed by atoms with Crippen molar-refractivity contribution >= 4 is 81.7 Å². The molecule has 4 heteroatoms. The fourth-order valence-corrected chi connectivity index (χ4v) is 10.6. The first-order valence-electron chi connectivity index (χ1n) is 20.4. The molecule has 0 fully saturated rings. The van der Waals surface area contributed by atoms with Crippen LogP contribution in [-0.4, -0.2) is 18.9 Å². The molecule has 14 rings (SSSR count). The maximum absolute atomic E-state index is 5.57. The predicted molar refractivity (Wildman–Crippen MR) is 244 cm³/mol. The number of hydrogen-bond donors (Lipinski definition) is 0. The van der Waals surface area contributed by atoms with E-state index in [2.05, 4.69) is 197 Å². The summed E-state index contributed by atoms with van der Waals surface area (Å²) in [5.74, 6) is 1.00. The molecule has 0 aliphatic heterocycles. The highest BCUT2D eigenvalue weighted by molar-refractivity contribution is 6.36. The molecule has 0 saturated heterocycles. The molecule has 1 atom stereocenters. The average Bonchev–Trinajstić information content (AvgIpc) is 4.01. The molecular formula is C55H32N4. The molecule has 1 aliphatic rings. The van der Waals surface area contributed by atoms with Crippen LogP contribution in [0.2, 0.25) is 0 Å². The third-order valence-corrected chi connectivity index (χ3v) is 13.1. The lowest BCUT2D eigenvalue weighted by Gasteiger charge is -2.16. The van der Waals surface area contributed by atoms with Gasteiger partial charge in [-0.15, -0.1) is 0 Å². The first-order valence-corrected chi connectivity index (χ1v) is 20.4. The minimum absolute atomic E-state index is 0.174. The van der Waals surface area contributed by atoms with Crippen LogP contribution in [-0.2, 0) is 0 Å². The van der Waals surface area contributed by atoms with Gasteiger partial charge in [-0.2, -0.15) is 0 Å². The summed E-state index contributed by atoms with van der Waals surface area (Å²) in [6, 6.07) is 68.6. The standard InChI is InChI=1S/C55H32N4/c1-2-14-32(15-3-1)50-37-19-7-6-18-36(37)41-29-35(26-27-38(41)50)53-55(57-45-23-11-10-22-44(45)56-53)59-47-25-13-8-20-39(47)51-49(59)31-43-42-28-33-16-4-5-17-34(33)30-48(42)58-46-24-12-9-21-40(46)52(51)54(43)58/h1-31,50H. The van der Waals surface area contributed by atoms with Gasteiger partial charge in [0.05, 0.1) is 38.6 Å². The van der Waals surface area contributed by atoms with Crippen LogP contribution in [0.15, 0.2) is 188 Å². The summed E-state index contributed by atoms with van der Waals surface area (Å²) in [7, 11) is 0. The molecule has 1 aliphatic carbocycles. The molecule has 1 unspecified atom stereocenters. The Balaban J connectivity index is 1.12. The monoisotopic (exact) mass is 748 g/mol. The lowest BCUT2D eigenvalue weighted by atomic mass is 9.89. The van der Waals surface area contributed by atoms with Crippen molar-refractivity contribution in [3.8, 4) is 28.2 Å². The predicted octanol–water partition coefficient (Wildman–Crippen LogP) is 13.9. The van der Waals surface area contributed by atoms with Gasteiger partial charge in [0.15, 0.2) is 5.82 Å². The molecule has 0 N–H and O–H groups in total. The molecule has 4 nitrogen and oxygen atoms in total. The zero-order valence-corrected chi connectivity index (χ0v) is 31.8. The van der Waals surface area contributed by atoms with E-state index in [1.807, 2.05) is 0 Å². The summed E-state index contributed by atoms with van der Waals surface area (Å²) >= 11 is 0. The molecular weight excluding hydrogens is 717 g/mol. The number of para-hydroxylation sites is 4. The second kappa shape index (κ2) is 11.4. The van der Waals surface area contributed by atoms with Crippen LogP contribution >= 0.6 is 0 Å². The van der Waals surface area contributed by atoms with Crippen molar-refractivity contribution in [2.45, 2.75) is 5.92 Å². The lowest BCUT2D eigenvalue weighted by Crippen LogP contribution is -2.04. The van der Waals surface area contributed by atoms with E-state index in [1.165, 1.54) is 87.5 Å². The third kappa shape index (κ3) is 4.12. The van der Waals surface area contributed by atoms with Crippen molar-refractivity contribution in [3.05, 3.63) is 205 Å². The normalized spacial score (nSPS) is 13.9. The summed E-state index contributed by atoms with van der Waals surface area (Å²) in [6.07, 6.45) is 0. The average molecular weight is 749 g/mol. The molecule has 0 radical (unpaired) electrons. The Bertz CT molecular complexity index is 3910. The molecule has 0 bridgehead atoms. The van der Waals surface area contributed by atoms with E-state index in [9.17, 15) is 0 Å². The summed E-state index contributed by atoms with van der Waals surface area (Å²) in [5, 5.41) is 9.95. The number of aromatic nitrogens is 4. The van der Waals surface area contributed by atoms with E-state index in [-0.39, 0.29) is 5.92 Å². The zero-order valence-electron chi connectivity index (χ0n) is 31.8. The first kappa shape index (κ1) is 31.3. The molecule has 4 heterocycles. The molecule has 13 aromatic rings. The quantitative estimate of drug-likeness (QED) is 0.180. The molecule has 0 amide bonds. The highest BCUT2D eigenvalue weighted by atomic mass is 15.1. The van der Waals surface area contributed by atoms with Gasteiger partial charge in [-0.3, -0.25) is 4.57 Å². The van der Waals surface area contributed by atoms with E-state index in [1.54, 1.807) is 0 Å². The summed E-state index contributed by atoms with van der Waals surface area (Å²) in [6.45, 7) is 0. The maximum Gasteiger partial charge on any atom is 0.165 e. The Labute approximate surface area is 338 Å². The largest absolute Gasteiger partial charge is 0.308 e. The van der Waals surface area contributed by atoms with E-state index >= 15 is 0 Å². The topological polar surface area (TPSA) is 35.1 Å². The Kier molecular flexibility index (Phi) is 6.05. The van der Waals surface area contributed by atoms with Crippen LogP contribution in [0.4, 0.5) is 0 Å². The SMILES string of the molecule is c1ccc(C2c3ccccc3-c3cc(-c4nc5ccccc5nc4-n4c5ccccc5c5c6c7ccccc7n7c8cc9ccccc9cc8c(cc54)c67)ccc32)cc1. The van der Waals surface area contributed by atoms with Crippen LogP contribution in [0.25, 0.3) is 110 Å². The van der Waals surface area contributed by atoms with Gasteiger partial charge in [-0.1, -0.05) is 140 Å². The van der Waals surface area contributed by atoms with Gasteiger partial charge in [0.2, 0.25) is 0 Å². The summed E-state index contributed by atoms with van der Waals surface area (Å²) < 4.78 is 4.90. The number of rotatable bonds is 3. The Morgan fingerprint density at radius 3 is 1.92 bits per heavy atom. The first-order chi connectivity index (χ1) is 29.3. The molecule has 272 valence electrons. The molecule has 0 saturated carbocycles. The molecule has 0 spiro atoms. The van der Waals surface area contributed by atoms with Crippen LogP contribution in [0, 0.1) is 0 Å². The minimum Gasteiger partial charge on any atom is -0.308 e. The molecule has 9 aromatic carbocycles. The summed E-state index contributed by atoms with van der Waals surface area (Å²) in [4.78, 5) is 11.1. The Hall–Kier alpha value is -7.82. The van der Waals surface area contributed by atoms with Gasteiger partial charge in [0.25, 0.3) is 0 Å². The third-order valence-electron chi connectivity index (χ3n) is 13.1. The van der Waals surface area contributed by atoms with Gasteiger partial charge in [-0.25, -0.2) is 9.97 Å². The zero-order chi connectivity index (χ0) is 38.3. The highest BCUT2D eigenvalue weighted by Crippen LogP contribution is 2.51. The van der Waals surface area contributed by atoms with E-state index < -0.39 is 0 Å². The highest BCUT2D eigenvalue weighted by Gasteiger charge is 2.31. The van der Waals surface area contributed by atoms with Gasteiger partial charge >= 0.3 is 0 Å². The lowest BCUT2D eigenvalue weighted by molar-refractivity contribution is 1.01. The maximum atomic E-state index is 5.57. The number of hydrogen-bond acceptors (Lipinski definition) is 2. The number of nitrogens with zero attached hydrogens (tertiary/aromatic N) is 4. The van der Waals surface area contributed by atoms with Crippen molar-refractivity contribution in [2.24, 2.45) is 0 Å². The second-order valence-electron chi connectivity index (χ2n) is 16.1. The van der Waals surface area contributed by atoms with Gasteiger partial charge < -0.3 is 4.40 Å². The van der Waals surface area contributed by atoms with E-state index in [0.29, 0.717) is 0 Å². The molecule has 59 heavy (non-hydrogen) atoms. The van der Waals surface area contributed by atoms with Gasteiger partial charge in [0.1, 0.15) is 5.69 Å². The fraction of sp³-hybridized carbons (Fsp3) is 0.0182.